The molecule has 2 heteroatoms. The fraction of sp³-hybridized carbons (Fsp3) is 0.571. The number of hydrogen-bond acceptors (Lipinski definition) is 2. The van der Waals surface area contributed by atoms with Crippen molar-refractivity contribution in [1.82, 2.24) is 0 Å². The monoisotopic (exact) mass is 221 g/mol. The maximum absolute atomic E-state index is 5.79. The molecule has 0 aromatic rings. The van der Waals surface area contributed by atoms with E-state index in [4.69, 9.17) is 10.5 Å². The zero-order valence-corrected chi connectivity index (χ0v) is 10.2. The summed E-state index contributed by atoms with van der Waals surface area (Å²) in [6, 6.07) is 0. The summed E-state index contributed by atoms with van der Waals surface area (Å²) >= 11 is 0. The molecule has 1 aliphatic rings. The van der Waals surface area contributed by atoms with Crippen LogP contribution in [0.15, 0.2) is 36.3 Å². The zero-order valence-electron chi connectivity index (χ0n) is 10.2. The minimum absolute atomic E-state index is 0.505. The Kier molecular flexibility index (Phi) is 5.94. The SMILES string of the molecule is C=CCCC(CCCN)C1=CCC=C(C)O1. The van der Waals surface area contributed by atoms with Crippen LogP contribution in [0.25, 0.3) is 0 Å². The average Bonchev–Trinajstić information content (AvgIpc) is 2.29. The molecule has 0 amide bonds. The van der Waals surface area contributed by atoms with Crippen LogP contribution in [0, 0.1) is 5.92 Å². The lowest BCUT2D eigenvalue weighted by Gasteiger charge is -2.23. The van der Waals surface area contributed by atoms with Crippen LogP contribution in [-0.4, -0.2) is 6.54 Å². The summed E-state index contributed by atoms with van der Waals surface area (Å²) in [6.07, 6.45) is 11.6. The third-order valence-electron chi connectivity index (χ3n) is 2.88. The standard InChI is InChI=1S/C14H23NO/c1-3-4-8-13(9-6-11-15)14-10-5-7-12(2)16-14/h3,7,10,13H,1,4-6,8-9,11,15H2,2H3. The van der Waals surface area contributed by atoms with Gasteiger partial charge in [0.25, 0.3) is 0 Å². The van der Waals surface area contributed by atoms with Crippen molar-refractivity contribution in [3.63, 3.8) is 0 Å². The quantitative estimate of drug-likeness (QED) is 0.668. The van der Waals surface area contributed by atoms with E-state index in [2.05, 4.69) is 18.7 Å². The Morgan fingerprint density at radius 2 is 2.31 bits per heavy atom. The third kappa shape index (κ3) is 4.23. The minimum atomic E-state index is 0.505. The molecule has 16 heavy (non-hydrogen) atoms. The van der Waals surface area contributed by atoms with Crippen LogP contribution >= 0.6 is 0 Å². The van der Waals surface area contributed by atoms with E-state index in [9.17, 15) is 0 Å². The molecule has 0 bridgehead atoms. The average molecular weight is 221 g/mol. The maximum atomic E-state index is 5.79. The largest absolute Gasteiger partial charge is 0.467 e. The van der Waals surface area contributed by atoms with Gasteiger partial charge in [0.15, 0.2) is 0 Å². The number of nitrogens with two attached hydrogens (primary N) is 1. The predicted molar refractivity (Wildman–Crippen MR) is 68.8 cm³/mol. The van der Waals surface area contributed by atoms with Crippen LogP contribution in [0.5, 0.6) is 0 Å². The van der Waals surface area contributed by atoms with E-state index in [1.807, 2.05) is 13.0 Å². The van der Waals surface area contributed by atoms with Gasteiger partial charge in [-0.3, -0.25) is 0 Å². The fourth-order valence-electron chi connectivity index (χ4n) is 1.97. The van der Waals surface area contributed by atoms with Crippen LogP contribution in [0.1, 0.15) is 39.0 Å². The lowest BCUT2D eigenvalue weighted by Crippen LogP contribution is -2.11. The van der Waals surface area contributed by atoms with Crippen molar-refractivity contribution in [2.24, 2.45) is 11.7 Å². The minimum Gasteiger partial charge on any atom is -0.467 e. The van der Waals surface area contributed by atoms with E-state index in [1.54, 1.807) is 0 Å². The van der Waals surface area contributed by atoms with Gasteiger partial charge in [-0.2, -0.15) is 0 Å². The summed E-state index contributed by atoms with van der Waals surface area (Å²) in [5.74, 6) is 2.66. The first-order valence-electron chi connectivity index (χ1n) is 6.13. The molecule has 1 aliphatic heterocycles. The van der Waals surface area contributed by atoms with Crippen LogP contribution < -0.4 is 5.73 Å². The lowest BCUT2D eigenvalue weighted by molar-refractivity contribution is 0.234. The normalized spacial score (nSPS) is 17.1. The Morgan fingerprint density at radius 3 is 2.94 bits per heavy atom. The molecular weight excluding hydrogens is 198 g/mol. The van der Waals surface area contributed by atoms with E-state index in [0.717, 1.165) is 50.2 Å². The summed E-state index contributed by atoms with van der Waals surface area (Å²) in [5, 5.41) is 0. The second kappa shape index (κ2) is 7.29. The van der Waals surface area contributed by atoms with Gasteiger partial charge in [0.05, 0.1) is 5.76 Å². The van der Waals surface area contributed by atoms with Crippen molar-refractivity contribution in [1.29, 1.82) is 0 Å². The zero-order chi connectivity index (χ0) is 11.8. The first-order chi connectivity index (χ1) is 7.77. The van der Waals surface area contributed by atoms with Gasteiger partial charge in [-0.25, -0.2) is 0 Å². The van der Waals surface area contributed by atoms with Crippen molar-refractivity contribution in [3.05, 3.63) is 36.3 Å². The summed E-state index contributed by atoms with van der Waals surface area (Å²) < 4.78 is 5.79. The summed E-state index contributed by atoms with van der Waals surface area (Å²) in [6.45, 7) is 6.55. The molecule has 0 saturated heterocycles. The smallest absolute Gasteiger partial charge is 0.103 e. The van der Waals surface area contributed by atoms with Crippen LogP contribution in [0.4, 0.5) is 0 Å². The fourth-order valence-corrected chi connectivity index (χ4v) is 1.97. The Bertz CT molecular complexity index is 278. The van der Waals surface area contributed by atoms with Gasteiger partial charge in [0, 0.05) is 5.92 Å². The molecule has 0 saturated carbocycles. The molecule has 90 valence electrons. The highest BCUT2D eigenvalue weighted by Gasteiger charge is 2.17. The van der Waals surface area contributed by atoms with Gasteiger partial charge < -0.3 is 10.5 Å². The molecule has 0 aromatic carbocycles. The highest BCUT2D eigenvalue weighted by atomic mass is 16.5. The molecular formula is C14H23NO. The van der Waals surface area contributed by atoms with Crippen molar-refractivity contribution in [2.45, 2.75) is 39.0 Å². The maximum Gasteiger partial charge on any atom is 0.103 e. The number of allylic oxidation sites excluding steroid dienone is 5. The number of hydrogen-bond donors (Lipinski definition) is 1. The van der Waals surface area contributed by atoms with Gasteiger partial charge >= 0.3 is 0 Å². The second-order valence-corrected chi connectivity index (χ2v) is 4.25. The van der Waals surface area contributed by atoms with Gasteiger partial charge in [-0.05, 0) is 57.7 Å². The number of ether oxygens (including phenoxy) is 1. The van der Waals surface area contributed by atoms with Gasteiger partial charge in [-0.1, -0.05) is 6.08 Å². The Hall–Kier alpha value is -1.02. The van der Waals surface area contributed by atoms with Crippen LogP contribution in [0.2, 0.25) is 0 Å². The summed E-state index contributed by atoms with van der Waals surface area (Å²) in [4.78, 5) is 0. The first kappa shape index (κ1) is 13.0. The molecule has 0 aliphatic carbocycles. The Labute approximate surface area is 98.9 Å². The second-order valence-electron chi connectivity index (χ2n) is 4.25. The van der Waals surface area contributed by atoms with Crippen molar-refractivity contribution in [2.75, 3.05) is 6.54 Å². The first-order valence-corrected chi connectivity index (χ1v) is 6.13. The molecule has 0 radical (unpaired) electrons. The van der Waals surface area contributed by atoms with Gasteiger partial charge in [0.2, 0.25) is 0 Å². The molecule has 1 unspecified atom stereocenters. The highest BCUT2D eigenvalue weighted by molar-refractivity contribution is 5.12. The molecule has 1 atom stereocenters. The van der Waals surface area contributed by atoms with Crippen molar-refractivity contribution in [3.8, 4) is 0 Å². The number of rotatable bonds is 7. The molecule has 1 heterocycles. The van der Waals surface area contributed by atoms with Gasteiger partial charge in [-0.15, -0.1) is 6.58 Å². The Morgan fingerprint density at radius 1 is 1.50 bits per heavy atom. The van der Waals surface area contributed by atoms with Crippen LogP contribution in [0.3, 0.4) is 0 Å². The van der Waals surface area contributed by atoms with Crippen molar-refractivity contribution < 1.29 is 4.74 Å². The van der Waals surface area contributed by atoms with E-state index in [0.29, 0.717) is 5.92 Å². The molecule has 0 spiro atoms. The van der Waals surface area contributed by atoms with E-state index in [1.165, 1.54) is 0 Å². The van der Waals surface area contributed by atoms with E-state index < -0.39 is 0 Å². The predicted octanol–water partition coefficient (Wildman–Crippen LogP) is 3.52. The molecule has 0 aromatic heterocycles. The van der Waals surface area contributed by atoms with E-state index >= 15 is 0 Å². The highest BCUT2D eigenvalue weighted by Crippen LogP contribution is 2.28. The van der Waals surface area contributed by atoms with Crippen LogP contribution in [-0.2, 0) is 4.74 Å². The van der Waals surface area contributed by atoms with E-state index in [-0.39, 0.29) is 0 Å². The summed E-state index contributed by atoms with van der Waals surface area (Å²) in [5.41, 5.74) is 5.57. The molecule has 0 fully saturated rings. The van der Waals surface area contributed by atoms with Gasteiger partial charge in [0.1, 0.15) is 5.76 Å². The lowest BCUT2D eigenvalue weighted by atomic mass is 9.94. The topological polar surface area (TPSA) is 35.2 Å². The molecule has 1 rings (SSSR count). The Balaban J connectivity index is 2.53. The molecule has 2 nitrogen and oxygen atoms in total. The third-order valence-corrected chi connectivity index (χ3v) is 2.88. The van der Waals surface area contributed by atoms with Crippen molar-refractivity contribution >= 4 is 0 Å². The molecule has 2 N–H and O–H groups in total. The summed E-state index contributed by atoms with van der Waals surface area (Å²) in [7, 11) is 0.